The van der Waals surface area contributed by atoms with Crippen molar-refractivity contribution in [3.8, 4) is 17.0 Å². The van der Waals surface area contributed by atoms with Gasteiger partial charge in [-0.3, -0.25) is 4.68 Å². The minimum Gasteiger partial charge on any atom is -0.507 e. The number of aromatic hydroxyl groups is 1. The molecule has 0 unspecified atom stereocenters. The van der Waals surface area contributed by atoms with Crippen LogP contribution in [0.4, 0.5) is 10.1 Å². The maximum atomic E-state index is 15.2. The summed E-state index contributed by atoms with van der Waals surface area (Å²) in [4.78, 5) is 6.81. The van der Waals surface area contributed by atoms with Crippen LogP contribution in [0.25, 0.3) is 33.1 Å². The predicted molar refractivity (Wildman–Crippen MR) is 125 cm³/mol. The lowest BCUT2D eigenvalue weighted by molar-refractivity contribution is 0.478. The molecule has 0 atom stereocenters. The van der Waals surface area contributed by atoms with Crippen LogP contribution in [-0.4, -0.2) is 33.0 Å². The van der Waals surface area contributed by atoms with Gasteiger partial charge in [0.1, 0.15) is 11.3 Å². The maximum absolute atomic E-state index is 15.2. The average molecular weight is 421 g/mol. The van der Waals surface area contributed by atoms with Crippen molar-refractivity contribution in [2.75, 3.05) is 18.0 Å². The van der Waals surface area contributed by atoms with E-state index in [-0.39, 0.29) is 11.6 Å². The number of phenols is 1. The van der Waals surface area contributed by atoms with Crippen LogP contribution in [0.15, 0.2) is 42.6 Å². The molecule has 31 heavy (non-hydrogen) atoms. The number of anilines is 1. The van der Waals surface area contributed by atoms with Crippen molar-refractivity contribution in [1.29, 1.82) is 0 Å². The molecule has 0 radical (unpaired) electrons. The average Bonchev–Trinajstić information content (AvgIpc) is 3.04. The smallest absolute Gasteiger partial charge is 0.151 e. The lowest BCUT2D eigenvalue weighted by Gasteiger charge is -2.29. The Kier molecular flexibility index (Phi) is 5.56. The van der Waals surface area contributed by atoms with Crippen LogP contribution in [0.3, 0.4) is 0 Å². The van der Waals surface area contributed by atoms with E-state index in [1.807, 2.05) is 37.5 Å². The standard InChI is InChI=1S/C25H29FN4O/c1-15(2)12-30(13-16(3)4)19-8-17-6-7-22(27-25(17)21(26)10-19)20-9-18-14-29(5)28-23(18)11-24(20)31/h6-11,14-16,31H,12-13H2,1-5H3. The normalized spacial score (nSPS) is 11.9. The number of rotatable bonds is 6. The molecule has 0 bridgehead atoms. The summed E-state index contributed by atoms with van der Waals surface area (Å²) in [5, 5.41) is 16.5. The summed E-state index contributed by atoms with van der Waals surface area (Å²) in [6, 6.07) is 10.7. The fourth-order valence-corrected chi connectivity index (χ4v) is 4.07. The van der Waals surface area contributed by atoms with E-state index in [9.17, 15) is 5.11 Å². The number of aryl methyl sites for hydroxylation is 1. The van der Waals surface area contributed by atoms with Gasteiger partial charge in [-0.15, -0.1) is 0 Å². The van der Waals surface area contributed by atoms with Gasteiger partial charge >= 0.3 is 0 Å². The number of halogens is 1. The first-order valence-corrected chi connectivity index (χ1v) is 10.7. The molecule has 162 valence electrons. The van der Waals surface area contributed by atoms with Gasteiger partial charge in [0.2, 0.25) is 0 Å². The molecule has 6 heteroatoms. The number of phenolic OH excluding ortho intramolecular Hbond substituents is 1. The Morgan fingerprint density at radius 3 is 2.39 bits per heavy atom. The van der Waals surface area contributed by atoms with Gasteiger partial charge in [0.05, 0.1) is 11.2 Å². The molecular weight excluding hydrogens is 391 g/mol. The first kappa shape index (κ1) is 21.1. The SMILES string of the molecule is CC(C)CN(CC(C)C)c1cc(F)c2nc(-c3cc4cn(C)nc4cc3O)ccc2c1. The monoisotopic (exact) mass is 420 g/mol. The first-order chi connectivity index (χ1) is 14.7. The van der Waals surface area contributed by atoms with Gasteiger partial charge in [-0.25, -0.2) is 9.37 Å². The zero-order valence-corrected chi connectivity index (χ0v) is 18.7. The van der Waals surface area contributed by atoms with Crippen LogP contribution in [0, 0.1) is 17.7 Å². The van der Waals surface area contributed by atoms with Gasteiger partial charge in [0.15, 0.2) is 5.82 Å². The van der Waals surface area contributed by atoms with Gasteiger partial charge in [0, 0.05) is 54.4 Å². The number of hydrogen-bond donors (Lipinski definition) is 1. The lowest BCUT2D eigenvalue weighted by Crippen LogP contribution is -2.31. The number of benzene rings is 2. The molecule has 5 nitrogen and oxygen atoms in total. The number of aromatic nitrogens is 3. The summed E-state index contributed by atoms with van der Waals surface area (Å²) in [5.41, 5.74) is 2.98. The Bertz CT molecular complexity index is 1240. The number of fused-ring (bicyclic) bond motifs is 2. The largest absolute Gasteiger partial charge is 0.507 e. The van der Waals surface area contributed by atoms with Crippen molar-refractivity contribution < 1.29 is 9.50 Å². The van der Waals surface area contributed by atoms with Gasteiger partial charge in [0.25, 0.3) is 0 Å². The van der Waals surface area contributed by atoms with Crippen LogP contribution >= 0.6 is 0 Å². The van der Waals surface area contributed by atoms with Gasteiger partial charge in [-0.05, 0) is 36.1 Å². The van der Waals surface area contributed by atoms with Crippen molar-refractivity contribution in [3.05, 3.63) is 48.4 Å². The zero-order valence-electron chi connectivity index (χ0n) is 18.7. The van der Waals surface area contributed by atoms with Crippen molar-refractivity contribution >= 4 is 27.5 Å². The molecule has 2 aromatic heterocycles. The summed E-state index contributed by atoms with van der Waals surface area (Å²) >= 11 is 0. The molecule has 2 heterocycles. The fraction of sp³-hybridized carbons (Fsp3) is 0.360. The molecule has 0 aliphatic rings. The van der Waals surface area contributed by atoms with E-state index in [0.717, 1.165) is 29.5 Å². The van der Waals surface area contributed by atoms with Crippen LogP contribution in [0.1, 0.15) is 27.7 Å². The molecule has 0 aliphatic heterocycles. The van der Waals surface area contributed by atoms with Gasteiger partial charge in [-0.2, -0.15) is 5.10 Å². The fourth-order valence-electron chi connectivity index (χ4n) is 4.07. The highest BCUT2D eigenvalue weighted by atomic mass is 19.1. The molecule has 0 spiro atoms. The van der Waals surface area contributed by atoms with E-state index in [4.69, 9.17) is 0 Å². The first-order valence-electron chi connectivity index (χ1n) is 10.7. The summed E-state index contributed by atoms with van der Waals surface area (Å²) in [6.07, 6.45) is 1.88. The molecule has 4 rings (SSSR count). The van der Waals surface area contributed by atoms with E-state index < -0.39 is 0 Å². The second kappa shape index (κ2) is 8.17. The predicted octanol–water partition coefficient (Wildman–Crippen LogP) is 5.75. The highest BCUT2D eigenvalue weighted by Gasteiger charge is 2.16. The summed E-state index contributed by atoms with van der Waals surface area (Å²) in [6.45, 7) is 10.4. The van der Waals surface area contributed by atoms with E-state index in [0.29, 0.717) is 34.1 Å². The molecule has 0 saturated carbocycles. The minimum atomic E-state index is -0.353. The molecule has 2 aromatic carbocycles. The zero-order chi connectivity index (χ0) is 22.3. The van der Waals surface area contributed by atoms with E-state index in [1.54, 1.807) is 16.8 Å². The third-order valence-corrected chi connectivity index (χ3v) is 5.28. The van der Waals surface area contributed by atoms with E-state index in [2.05, 4.69) is 42.7 Å². The third kappa shape index (κ3) is 4.33. The molecule has 0 fully saturated rings. The molecule has 0 amide bonds. The quantitative estimate of drug-likeness (QED) is 0.431. The number of nitrogens with zero attached hydrogens (tertiary/aromatic N) is 4. The van der Waals surface area contributed by atoms with Crippen molar-refractivity contribution in [1.82, 2.24) is 14.8 Å². The Balaban J connectivity index is 1.77. The summed E-state index contributed by atoms with van der Waals surface area (Å²) in [7, 11) is 1.83. The molecule has 1 N–H and O–H groups in total. The Labute approximate surface area is 182 Å². The Morgan fingerprint density at radius 1 is 1.00 bits per heavy atom. The third-order valence-electron chi connectivity index (χ3n) is 5.28. The van der Waals surface area contributed by atoms with Crippen LogP contribution in [-0.2, 0) is 7.05 Å². The van der Waals surface area contributed by atoms with Gasteiger partial charge < -0.3 is 10.0 Å². The molecule has 0 aliphatic carbocycles. The summed E-state index contributed by atoms with van der Waals surface area (Å²) < 4.78 is 16.9. The van der Waals surface area contributed by atoms with Crippen molar-refractivity contribution in [2.24, 2.45) is 18.9 Å². The van der Waals surface area contributed by atoms with Gasteiger partial charge in [-0.1, -0.05) is 33.8 Å². The minimum absolute atomic E-state index is 0.0788. The van der Waals surface area contributed by atoms with E-state index in [1.165, 1.54) is 0 Å². The van der Waals surface area contributed by atoms with Crippen LogP contribution in [0.5, 0.6) is 5.75 Å². The van der Waals surface area contributed by atoms with E-state index >= 15 is 4.39 Å². The van der Waals surface area contributed by atoms with Crippen molar-refractivity contribution in [3.63, 3.8) is 0 Å². The Hall–Kier alpha value is -3.15. The maximum Gasteiger partial charge on any atom is 0.151 e. The topological polar surface area (TPSA) is 54.2 Å². The summed E-state index contributed by atoms with van der Waals surface area (Å²) in [5.74, 6) is 0.677. The van der Waals surface area contributed by atoms with Crippen LogP contribution in [0.2, 0.25) is 0 Å². The Morgan fingerprint density at radius 2 is 1.71 bits per heavy atom. The lowest BCUT2D eigenvalue weighted by atomic mass is 10.1. The number of hydrogen-bond acceptors (Lipinski definition) is 4. The number of pyridine rings is 1. The molecule has 4 aromatic rings. The second-order valence-electron chi connectivity index (χ2n) is 9.12. The second-order valence-corrected chi connectivity index (χ2v) is 9.12. The highest BCUT2D eigenvalue weighted by molar-refractivity contribution is 5.90. The molecule has 0 saturated heterocycles. The highest BCUT2D eigenvalue weighted by Crippen LogP contribution is 2.34. The van der Waals surface area contributed by atoms with Crippen molar-refractivity contribution in [2.45, 2.75) is 27.7 Å². The molecular formula is C25H29FN4O. The van der Waals surface area contributed by atoms with Crippen LogP contribution < -0.4 is 4.90 Å².